The van der Waals surface area contributed by atoms with E-state index in [-0.39, 0.29) is 77.8 Å². The summed E-state index contributed by atoms with van der Waals surface area (Å²) in [6, 6.07) is 0. The number of carbonyl (C=O) groups is 3. The number of nitrogens with one attached hydrogen (secondary N) is 1. The van der Waals surface area contributed by atoms with Gasteiger partial charge >= 0.3 is 11.9 Å². The molecule has 15 heteroatoms. The summed E-state index contributed by atoms with van der Waals surface area (Å²) in [6.45, 7) is 13.0. The zero-order chi connectivity index (χ0) is 30.3. The van der Waals surface area contributed by atoms with Crippen LogP contribution in [0.2, 0.25) is 0 Å². The molecule has 1 aliphatic heterocycles. The molecule has 0 aliphatic carbocycles. The second-order valence-electron chi connectivity index (χ2n) is 10.00. The van der Waals surface area contributed by atoms with E-state index in [1.165, 1.54) is 0 Å². The Morgan fingerprint density at radius 3 is 1.43 bits per heavy atom. The third-order valence-corrected chi connectivity index (χ3v) is 6.30. The summed E-state index contributed by atoms with van der Waals surface area (Å²) in [6.07, 6.45) is 1.64. The molecule has 42 heavy (non-hydrogen) atoms. The molecular weight excluding hydrogens is 696 g/mol. The molecule has 0 saturated carbocycles. The number of carbonyl (C=O) groups excluding carboxylic acids is 1. The monoisotopic (exact) mass is 747 g/mol. The predicted molar refractivity (Wildman–Crippen MR) is 153 cm³/mol. The Kier molecular flexibility index (Phi) is 25.8. The second-order valence-corrected chi connectivity index (χ2v) is 10.00. The van der Waals surface area contributed by atoms with Gasteiger partial charge < -0.3 is 34.8 Å². The fourth-order valence-electron chi connectivity index (χ4n) is 4.20. The van der Waals surface area contributed by atoms with E-state index in [2.05, 4.69) is 18.8 Å². The van der Waals surface area contributed by atoms with Crippen LogP contribution in [0.1, 0.15) is 19.8 Å². The molecule has 4 N–H and O–H groups in total. The van der Waals surface area contributed by atoms with Crippen molar-refractivity contribution in [1.29, 1.82) is 0 Å². The van der Waals surface area contributed by atoms with Crippen molar-refractivity contribution in [2.45, 2.75) is 19.8 Å². The Balaban J connectivity index is 0.0000168. The molecule has 1 saturated heterocycles. The maximum atomic E-state index is 12.7. The van der Waals surface area contributed by atoms with E-state index in [4.69, 9.17) is 14.2 Å². The third-order valence-electron chi connectivity index (χ3n) is 6.30. The van der Waals surface area contributed by atoms with E-state index in [1.54, 1.807) is 9.80 Å². The van der Waals surface area contributed by atoms with Crippen LogP contribution in [0.15, 0.2) is 12.3 Å². The van der Waals surface area contributed by atoms with Gasteiger partial charge in [-0.25, -0.2) is 0 Å². The Labute approximate surface area is 282 Å². The summed E-state index contributed by atoms with van der Waals surface area (Å²) in [7, 11) is 0. The van der Waals surface area contributed by atoms with E-state index >= 15 is 0 Å². The van der Waals surface area contributed by atoms with Gasteiger partial charge in [-0.05, 0) is 12.8 Å². The summed E-state index contributed by atoms with van der Waals surface area (Å²) >= 11 is 0. The van der Waals surface area contributed by atoms with E-state index in [0.717, 1.165) is 13.0 Å². The SMILES string of the molecule is C=C(O)CN1CCN(CC(=O)O)CCN(CC(=O)NCCCOCCOCCOCCC)CCN(CC(=O)O)CC1.[Gd]. The van der Waals surface area contributed by atoms with Crippen molar-refractivity contribution in [2.24, 2.45) is 0 Å². The zero-order valence-electron chi connectivity index (χ0n) is 25.0. The molecule has 246 valence electrons. The van der Waals surface area contributed by atoms with Crippen LogP contribution >= 0.6 is 0 Å². The Morgan fingerprint density at radius 2 is 1.02 bits per heavy atom. The molecule has 0 aromatic heterocycles. The third kappa shape index (κ3) is 23.5. The number of aliphatic hydroxyl groups is 1. The number of amides is 1. The molecule has 0 radical (unpaired) electrons. The molecule has 0 spiro atoms. The molecule has 0 unspecified atom stereocenters. The molecule has 1 rings (SSSR count). The summed E-state index contributed by atoms with van der Waals surface area (Å²) in [4.78, 5) is 43.0. The number of carboxylic acids is 2. The first-order valence-corrected chi connectivity index (χ1v) is 14.4. The molecule has 1 aliphatic rings. The first kappa shape index (κ1) is 41.0. The van der Waals surface area contributed by atoms with Gasteiger partial charge in [0.15, 0.2) is 0 Å². The zero-order valence-corrected chi connectivity index (χ0v) is 27.3. The topological polar surface area (TPSA) is 165 Å². The maximum absolute atomic E-state index is 12.7. The molecule has 0 bridgehead atoms. The van der Waals surface area contributed by atoms with Gasteiger partial charge in [0.05, 0.1) is 58.4 Å². The number of carboxylic acid groups (broad SMARTS) is 2. The van der Waals surface area contributed by atoms with E-state index in [9.17, 15) is 29.7 Å². The summed E-state index contributed by atoms with van der Waals surface area (Å²) < 4.78 is 16.3. The van der Waals surface area contributed by atoms with Crippen LogP contribution in [0.25, 0.3) is 0 Å². The van der Waals surface area contributed by atoms with Gasteiger partial charge in [-0.1, -0.05) is 13.5 Å². The van der Waals surface area contributed by atoms with Crippen molar-refractivity contribution in [3.63, 3.8) is 0 Å². The van der Waals surface area contributed by atoms with Crippen LogP contribution < -0.4 is 5.32 Å². The van der Waals surface area contributed by atoms with Crippen LogP contribution in [0, 0.1) is 39.9 Å². The van der Waals surface area contributed by atoms with Gasteiger partial charge in [0.1, 0.15) is 0 Å². The molecule has 14 nitrogen and oxygen atoms in total. The minimum absolute atomic E-state index is 0. The van der Waals surface area contributed by atoms with Crippen LogP contribution in [0.4, 0.5) is 0 Å². The fourth-order valence-corrected chi connectivity index (χ4v) is 4.20. The number of nitrogens with zero attached hydrogens (tertiary/aromatic N) is 4. The van der Waals surface area contributed by atoms with Gasteiger partial charge in [0, 0.05) is 112 Å². The Hall–Kier alpha value is -1.01. The molecule has 0 atom stereocenters. The number of hydrogen-bond acceptors (Lipinski definition) is 11. The maximum Gasteiger partial charge on any atom is 0.317 e. The van der Waals surface area contributed by atoms with E-state index in [0.29, 0.717) is 98.4 Å². The van der Waals surface area contributed by atoms with Crippen LogP contribution in [0.3, 0.4) is 0 Å². The molecule has 1 heterocycles. The van der Waals surface area contributed by atoms with Gasteiger partial charge in [0.25, 0.3) is 0 Å². The summed E-state index contributed by atoms with van der Waals surface area (Å²) in [5.41, 5.74) is 0. The summed E-state index contributed by atoms with van der Waals surface area (Å²) in [5.74, 6) is -2.05. The Bertz CT molecular complexity index is 734. The molecule has 0 aromatic rings. The molecule has 1 fully saturated rings. The normalized spacial score (nSPS) is 16.6. The molecular formula is C27H51GdN5O9. The predicted octanol–water partition coefficient (Wildman–Crippen LogP) is -0.585. The van der Waals surface area contributed by atoms with Gasteiger partial charge in [-0.15, -0.1) is 0 Å². The van der Waals surface area contributed by atoms with Crippen molar-refractivity contribution in [3.8, 4) is 0 Å². The van der Waals surface area contributed by atoms with E-state index in [1.807, 2.05) is 9.80 Å². The first-order valence-electron chi connectivity index (χ1n) is 14.4. The van der Waals surface area contributed by atoms with Gasteiger partial charge in [0.2, 0.25) is 5.91 Å². The van der Waals surface area contributed by atoms with Crippen molar-refractivity contribution in [2.75, 3.05) is 125 Å². The second kappa shape index (κ2) is 26.4. The van der Waals surface area contributed by atoms with Crippen LogP contribution in [-0.2, 0) is 28.6 Å². The van der Waals surface area contributed by atoms with Crippen LogP contribution in [-0.4, -0.2) is 177 Å². The number of hydrogen-bond donors (Lipinski definition) is 4. The van der Waals surface area contributed by atoms with Gasteiger partial charge in [-0.2, -0.15) is 0 Å². The Morgan fingerprint density at radius 1 is 0.643 bits per heavy atom. The number of ether oxygens (including phenoxy) is 3. The van der Waals surface area contributed by atoms with Crippen LogP contribution in [0.5, 0.6) is 0 Å². The van der Waals surface area contributed by atoms with Crippen molar-refractivity contribution >= 4 is 17.8 Å². The first-order chi connectivity index (χ1) is 19.7. The van der Waals surface area contributed by atoms with Crippen molar-refractivity contribution in [3.05, 3.63) is 12.3 Å². The standard InChI is InChI=1S/C27H51N5O9.Gd/c1-3-14-39-16-18-41-19-17-40-15-4-5-28-25(34)21-30-8-12-31(22-26(35)36)10-6-29(20-24(2)33)7-11-32(13-9-30)23-27(37)38;/h33H,2-23H2,1H3,(H,28,34)(H,35,36)(H,37,38);. The minimum atomic E-state index is -0.943. The average molecular weight is 747 g/mol. The van der Waals surface area contributed by atoms with Crippen molar-refractivity contribution < 1.29 is 83.9 Å². The van der Waals surface area contributed by atoms with Gasteiger partial charge in [-0.3, -0.25) is 34.0 Å². The fraction of sp³-hybridized carbons (Fsp3) is 0.815. The molecule has 1 amide bonds. The van der Waals surface area contributed by atoms with Crippen molar-refractivity contribution in [1.82, 2.24) is 24.9 Å². The summed E-state index contributed by atoms with van der Waals surface area (Å²) in [5, 5.41) is 31.3. The number of aliphatic hydroxyl groups excluding tert-OH is 1. The largest absolute Gasteiger partial charge is 0.512 e. The van der Waals surface area contributed by atoms with E-state index < -0.39 is 11.9 Å². The minimum Gasteiger partial charge on any atom is -0.512 e. The quantitative estimate of drug-likeness (QED) is 0.0925. The number of rotatable bonds is 20. The smallest absolute Gasteiger partial charge is 0.317 e. The average Bonchev–Trinajstić information content (AvgIpc) is 2.90. The molecule has 0 aromatic carbocycles. The number of aliphatic carboxylic acids is 2.